The van der Waals surface area contributed by atoms with E-state index in [1.807, 2.05) is 0 Å². The summed E-state index contributed by atoms with van der Waals surface area (Å²) in [5.74, 6) is 0.105. The van der Waals surface area contributed by atoms with Crippen molar-refractivity contribution in [1.29, 1.82) is 0 Å². The van der Waals surface area contributed by atoms with Crippen LogP contribution in [0.4, 0.5) is 4.39 Å². The van der Waals surface area contributed by atoms with Crippen molar-refractivity contribution in [2.45, 2.75) is 33.1 Å². The molecule has 0 aliphatic carbocycles. The van der Waals surface area contributed by atoms with Crippen molar-refractivity contribution in [2.24, 2.45) is 5.92 Å². The maximum atomic E-state index is 13.8. The molecule has 1 amide bonds. The quantitative estimate of drug-likeness (QED) is 0.846. The highest BCUT2D eigenvalue weighted by molar-refractivity contribution is 5.94. The number of piperidine rings is 1. The van der Waals surface area contributed by atoms with Crippen LogP contribution in [0.5, 0.6) is 0 Å². The van der Waals surface area contributed by atoms with Gasteiger partial charge in [0.1, 0.15) is 5.82 Å². The van der Waals surface area contributed by atoms with Gasteiger partial charge < -0.3 is 10.2 Å². The Hall–Kier alpha value is -1.42. The molecule has 0 radical (unpaired) electrons. The summed E-state index contributed by atoms with van der Waals surface area (Å²) in [5, 5.41) is 2.81. The number of nitrogens with zero attached hydrogens (tertiary/aromatic N) is 1. The zero-order valence-corrected chi connectivity index (χ0v) is 13.0. The van der Waals surface area contributed by atoms with E-state index in [1.165, 1.54) is 18.9 Å². The Balaban J connectivity index is 1.71. The van der Waals surface area contributed by atoms with Crippen LogP contribution >= 0.6 is 0 Å². The van der Waals surface area contributed by atoms with Crippen LogP contribution in [0.25, 0.3) is 0 Å². The number of likely N-dealkylation sites (tertiary alicyclic amines) is 1. The van der Waals surface area contributed by atoms with E-state index in [2.05, 4.69) is 17.1 Å². The summed E-state index contributed by atoms with van der Waals surface area (Å²) in [6, 6.07) is 4.91. The maximum Gasteiger partial charge on any atom is 0.254 e. The van der Waals surface area contributed by atoms with Gasteiger partial charge in [-0.15, -0.1) is 0 Å². The normalized spacial score (nSPS) is 16.9. The summed E-state index contributed by atoms with van der Waals surface area (Å²) >= 11 is 0. The molecule has 1 fully saturated rings. The molecule has 2 rings (SSSR count). The van der Waals surface area contributed by atoms with Crippen molar-refractivity contribution in [2.75, 3.05) is 26.2 Å². The Bertz CT molecular complexity index is 482. The zero-order valence-electron chi connectivity index (χ0n) is 13.0. The molecule has 4 heteroatoms. The second-order valence-corrected chi connectivity index (χ2v) is 6.07. The first-order valence-electron chi connectivity index (χ1n) is 7.83. The SMILES string of the molecule is Cc1cccc(C(=O)NCCCN2CCC(C)CC2)c1F. The molecule has 1 aliphatic rings. The largest absolute Gasteiger partial charge is 0.352 e. The highest BCUT2D eigenvalue weighted by Crippen LogP contribution is 2.15. The van der Waals surface area contributed by atoms with Crippen LogP contribution in [0.15, 0.2) is 18.2 Å². The van der Waals surface area contributed by atoms with Gasteiger partial charge >= 0.3 is 0 Å². The van der Waals surface area contributed by atoms with E-state index in [4.69, 9.17) is 0 Å². The molecule has 3 nitrogen and oxygen atoms in total. The van der Waals surface area contributed by atoms with Crippen molar-refractivity contribution < 1.29 is 9.18 Å². The van der Waals surface area contributed by atoms with E-state index >= 15 is 0 Å². The minimum Gasteiger partial charge on any atom is -0.352 e. The molecule has 0 bridgehead atoms. The molecule has 0 aromatic heterocycles. The fraction of sp³-hybridized carbons (Fsp3) is 0.588. The van der Waals surface area contributed by atoms with E-state index in [1.54, 1.807) is 19.1 Å². The number of nitrogens with one attached hydrogen (secondary N) is 1. The standard InChI is InChI=1S/C17H25FN2O/c1-13-7-11-20(12-8-13)10-4-9-19-17(21)15-6-3-5-14(2)16(15)18/h3,5-6,13H,4,7-12H2,1-2H3,(H,19,21). The summed E-state index contributed by atoms with van der Waals surface area (Å²) in [5.41, 5.74) is 0.645. The van der Waals surface area contributed by atoms with Gasteiger partial charge in [-0.25, -0.2) is 4.39 Å². The zero-order chi connectivity index (χ0) is 15.2. The number of carbonyl (C=O) groups excluding carboxylic acids is 1. The lowest BCUT2D eigenvalue weighted by Gasteiger charge is -2.30. The van der Waals surface area contributed by atoms with Gasteiger partial charge in [0.05, 0.1) is 5.56 Å². The van der Waals surface area contributed by atoms with Crippen LogP contribution in [0, 0.1) is 18.7 Å². The first-order valence-corrected chi connectivity index (χ1v) is 7.83. The predicted molar refractivity (Wildman–Crippen MR) is 82.9 cm³/mol. The lowest BCUT2D eigenvalue weighted by molar-refractivity contribution is 0.0946. The Morgan fingerprint density at radius 2 is 2.10 bits per heavy atom. The van der Waals surface area contributed by atoms with Crippen molar-refractivity contribution in [3.63, 3.8) is 0 Å². The third kappa shape index (κ3) is 4.53. The molecule has 1 aromatic rings. The number of rotatable bonds is 5. The summed E-state index contributed by atoms with van der Waals surface area (Å²) in [4.78, 5) is 14.4. The smallest absolute Gasteiger partial charge is 0.254 e. The van der Waals surface area contributed by atoms with Crippen molar-refractivity contribution in [1.82, 2.24) is 10.2 Å². The molecule has 1 N–H and O–H groups in total. The Morgan fingerprint density at radius 3 is 2.81 bits per heavy atom. The summed E-state index contributed by atoms with van der Waals surface area (Å²) in [6.45, 7) is 7.88. The first-order chi connectivity index (χ1) is 10.1. The summed E-state index contributed by atoms with van der Waals surface area (Å²) in [6.07, 6.45) is 3.44. The lowest BCUT2D eigenvalue weighted by Crippen LogP contribution is -2.35. The first kappa shape index (κ1) is 16.0. The lowest BCUT2D eigenvalue weighted by atomic mass is 9.99. The summed E-state index contributed by atoms with van der Waals surface area (Å²) < 4.78 is 13.8. The molecule has 21 heavy (non-hydrogen) atoms. The average Bonchev–Trinajstić information content (AvgIpc) is 2.48. The van der Waals surface area contributed by atoms with E-state index in [-0.39, 0.29) is 11.5 Å². The Morgan fingerprint density at radius 1 is 1.38 bits per heavy atom. The van der Waals surface area contributed by atoms with Gasteiger partial charge in [0.25, 0.3) is 5.91 Å². The molecule has 1 aliphatic heterocycles. The van der Waals surface area contributed by atoms with Crippen molar-refractivity contribution in [3.05, 3.63) is 35.1 Å². The third-order valence-corrected chi connectivity index (χ3v) is 4.25. The molecule has 0 saturated carbocycles. The van der Waals surface area contributed by atoms with Gasteiger partial charge in [0.2, 0.25) is 0 Å². The molecule has 1 saturated heterocycles. The minimum absolute atomic E-state index is 0.141. The van der Waals surface area contributed by atoms with E-state index in [0.29, 0.717) is 12.1 Å². The molecule has 116 valence electrons. The van der Waals surface area contributed by atoms with Crippen molar-refractivity contribution in [3.8, 4) is 0 Å². The Kier molecular flexibility index (Phi) is 5.74. The fourth-order valence-corrected chi connectivity index (χ4v) is 2.71. The van der Waals surface area contributed by atoms with Crippen LogP contribution < -0.4 is 5.32 Å². The minimum atomic E-state index is -0.417. The number of benzene rings is 1. The van der Waals surface area contributed by atoms with Crippen LogP contribution in [0.2, 0.25) is 0 Å². The third-order valence-electron chi connectivity index (χ3n) is 4.25. The molecule has 1 heterocycles. The van der Waals surface area contributed by atoms with Gasteiger partial charge in [0.15, 0.2) is 0 Å². The number of halogens is 1. The molecule has 0 atom stereocenters. The van der Waals surface area contributed by atoms with Crippen LogP contribution in [-0.2, 0) is 0 Å². The van der Waals surface area contributed by atoms with Crippen LogP contribution in [-0.4, -0.2) is 37.0 Å². The molecule has 1 aromatic carbocycles. The van der Waals surface area contributed by atoms with Gasteiger partial charge in [-0.3, -0.25) is 4.79 Å². The Labute approximate surface area is 126 Å². The monoisotopic (exact) mass is 292 g/mol. The molecular formula is C17H25FN2O. The highest BCUT2D eigenvalue weighted by Gasteiger charge is 2.15. The number of aryl methyl sites for hydroxylation is 1. The van der Waals surface area contributed by atoms with Gasteiger partial charge in [-0.05, 0) is 63.4 Å². The predicted octanol–water partition coefficient (Wildman–Crippen LogP) is 2.99. The average molecular weight is 292 g/mol. The molecular weight excluding hydrogens is 267 g/mol. The maximum absolute atomic E-state index is 13.8. The van der Waals surface area contributed by atoms with Gasteiger partial charge in [0, 0.05) is 6.54 Å². The second kappa shape index (κ2) is 7.55. The van der Waals surface area contributed by atoms with Crippen LogP contribution in [0.3, 0.4) is 0 Å². The molecule has 0 unspecified atom stereocenters. The van der Waals surface area contributed by atoms with Gasteiger partial charge in [-0.1, -0.05) is 19.1 Å². The number of carbonyl (C=O) groups is 1. The topological polar surface area (TPSA) is 32.3 Å². The summed E-state index contributed by atoms with van der Waals surface area (Å²) in [7, 11) is 0. The number of amides is 1. The fourth-order valence-electron chi connectivity index (χ4n) is 2.71. The van der Waals surface area contributed by atoms with E-state index in [0.717, 1.165) is 32.0 Å². The van der Waals surface area contributed by atoms with Gasteiger partial charge in [-0.2, -0.15) is 0 Å². The number of hydrogen-bond acceptors (Lipinski definition) is 2. The van der Waals surface area contributed by atoms with E-state index < -0.39 is 5.82 Å². The van der Waals surface area contributed by atoms with Crippen molar-refractivity contribution >= 4 is 5.91 Å². The van der Waals surface area contributed by atoms with Crippen LogP contribution in [0.1, 0.15) is 42.1 Å². The second-order valence-electron chi connectivity index (χ2n) is 6.07. The van der Waals surface area contributed by atoms with E-state index in [9.17, 15) is 9.18 Å². The highest BCUT2D eigenvalue weighted by atomic mass is 19.1. The number of hydrogen-bond donors (Lipinski definition) is 1. The molecule has 0 spiro atoms.